The number of anilines is 1. The third-order valence-electron chi connectivity index (χ3n) is 6.57. The zero-order chi connectivity index (χ0) is 21.3. The molecule has 1 N–H and O–H groups in total. The van der Waals surface area contributed by atoms with Gasteiger partial charge in [-0.1, -0.05) is 41.4 Å². The lowest BCUT2D eigenvalue weighted by molar-refractivity contribution is -0.280. The summed E-state index contributed by atoms with van der Waals surface area (Å²) in [6.07, 6.45) is 2.67. The lowest BCUT2D eigenvalue weighted by atomic mass is 9.38. The molecule has 2 heterocycles. The zero-order valence-electron chi connectivity index (χ0n) is 16.4. The summed E-state index contributed by atoms with van der Waals surface area (Å²) in [6.45, 7) is 1.99. The fraction of sp³-hybridized carbons (Fsp3) is 0.409. The number of aliphatic hydroxyl groups is 1. The molecule has 3 saturated carbocycles. The van der Waals surface area contributed by atoms with Gasteiger partial charge >= 0.3 is 0 Å². The Kier molecular flexibility index (Phi) is 4.21. The Bertz CT molecular complexity index is 1040. The molecule has 1 aromatic carbocycles. The minimum atomic E-state index is -0.758. The van der Waals surface area contributed by atoms with Crippen molar-refractivity contribution in [3.8, 4) is 0 Å². The first kappa shape index (κ1) is 19.5. The van der Waals surface area contributed by atoms with Gasteiger partial charge in [0.25, 0.3) is 5.91 Å². The van der Waals surface area contributed by atoms with Crippen LogP contribution in [0.25, 0.3) is 0 Å². The molecule has 30 heavy (non-hydrogen) atoms. The number of hydrogen-bond acceptors (Lipinski definition) is 4. The quantitative estimate of drug-likeness (QED) is 0.811. The Morgan fingerprint density at radius 1 is 1.23 bits per heavy atom. The molecule has 4 aliphatic rings. The first-order valence-corrected chi connectivity index (χ1v) is 10.3. The van der Waals surface area contributed by atoms with Crippen LogP contribution in [-0.2, 0) is 16.1 Å². The molecule has 1 aromatic heterocycles. The molecule has 1 aliphatic heterocycles. The molecule has 0 spiro atoms. The average Bonchev–Trinajstić information content (AvgIpc) is 2.64. The number of benzene rings is 1. The summed E-state index contributed by atoms with van der Waals surface area (Å²) in [7, 11) is 0. The molecular formula is C22H21ClFN3O3. The maximum absolute atomic E-state index is 14.5. The van der Waals surface area contributed by atoms with Gasteiger partial charge in [-0.15, -0.1) is 0 Å². The predicted octanol–water partition coefficient (Wildman–Crippen LogP) is 2.84. The van der Waals surface area contributed by atoms with Crippen LogP contribution in [0.1, 0.15) is 30.4 Å². The maximum atomic E-state index is 14.5. The molecule has 6 nitrogen and oxygen atoms in total. The van der Waals surface area contributed by atoms with Crippen LogP contribution < -0.4 is 4.90 Å². The molecule has 0 unspecified atom stereocenters. The van der Waals surface area contributed by atoms with E-state index in [9.17, 15) is 19.1 Å². The Balaban J connectivity index is 1.50. The Labute approximate surface area is 178 Å². The summed E-state index contributed by atoms with van der Waals surface area (Å²) in [5.41, 5.74) is 0.827. The van der Waals surface area contributed by atoms with Gasteiger partial charge in [0.05, 0.1) is 10.6 Å². The van der Waals surface area contributed by atoms with E-state index in [4.69, 9.17) is 11.6 Å². The minimum Gasteiger partial charge on any atom is -0.390 e. The van der Waals surface area contributed by atoms with Gasteiger partial charge in [-0.05, 0) is 37.8 Å². The van der Waals surface area contributed by atoms with Crippen LogP contribution in [0.15, 0.2) is 36.5 Å². The zero-order valence-corrected chi connectivity index (χ0v) is 17.2. The summed E-state index contributed by atoms with van der Waals surface area (Å²) in [5.74, 6) is -1.57. The van der Waals surface area contributed by atoms with E-state index in [-0.39, 0.29) is 29.2 Å². The molecule has 4 fully saturated rings. The van der Waals surface area contributed by atoms with Crippen LogP contribution in [-0.4, -0.2) is 45.0 Å². The number of amides is 2. The molecule has 2 aromatic rings. The van der Waals surface area contributed by atoms with Crippen molar-refractivity contribution in [2.75, 3.05) is 11.4 Å². The van der Waals surface area contributed by atoms with Gasteiger partial charge in [-0.2, -0.15) is 0 Å². The fourth-order valence-corrected chi connectivity index (χ4v) is 5.42. The van der Waals surface area contributed by atoms with Crippen molar-refractivity contribution in [1.29, 1.82) is 0 Å². The highest BCUT2D eigenvalue weighted by Gasteiger charge is 2.73. The molecule has 156 valence electrons. The van der Waals surface area contributed by atoms with E-state index < -0.39 is 22.9 Å². The molecule has 0 radical (unpaired) electrons. The largest absolute Gasteiger partial charge is 0.390 e. The van der Waals surface area contributed by atoms with Gasteiger partial charge in [0, 0.05) is 18.2 Å². The van der Waals surface area contributed by atoms with E-state index in [0.717, 1.165) is 22.1 Å². The summed E-state index contributed by atoms with van der Waals surface area (Å²) < 4.78 is 14.5. The van der Waals surface area contributed by atoms with Crippen molar-refractivity contribution >= 4 is 29.2 Å². The molecule has 1 atom stereocenters. The van der Waals surface area contributed by atoms with Gasteiger partial charge in [-0.25, -0.2) is 9.37 Å². The van der Waals surface area contributed by atoms with Gasteiger partial charge in [0.2, 0.25) is 5.91 Å². The van der Waals surface area contributed by atoms with Crippen molar-refractivity contribution in [2.24, 2.45) is 5.41 Å². The van der Waals surface area contributed by atoms with Crippen molar-refractivity contribution in [2.45, 2.75) is 44.4 Å². The monoisotopic (exact) mass is 429 g/mol. The molecule has 2 amide bonds. The molecule has 1 saturated heterocycles. The fourth-order valence-electron chi connectivity index (χ4n) is 5.28. The lowest BCUT2D eigenvalue weighted by Gasteiger charge is -2.71. The lowest BCUT2D eigenvalue weighted by Crippen LogP contribution is -2.78. The highest BCUT2D eigenvalue weighted by molar-refractivity contribution is 6.30. The smallest absolute Gasteiger partial charge is 0.252 e. The second-order valence-electron chi connectivity index (χ2n) is 8.91. The van der Waals surface area contributed by atoms with E-state index >= 15 is 0 Å². The van der Waals surface area contributed by atoms with E-state index in [1.165, 1.54) is 6.20 Å². The summed E-state index contributed by atoms with van der Waals surface area (Å²) in [6, 6.07) is 8.12. The number of aromatic nitrogens is 1. The molecule has 2 bridgehead atoms. The van der Waals surface area contributed by atoms with Gasteiger partial charge < -0.3 is 10.0 Å². The first-order valence-electron chi connectivity index (χ1n) is 9.90. The average molecular weight is 430 g/mol. The minimum absolute atomic E-state index is 0.117. The maximum Gasteiger partial charge on any atom is 0.252 e. The number of rotatable bonds is 4. The second-order valence-corrected chi connectivity index (χ2v) is 9.35. The summed E-state index contributed by atoms with van der Waals surface area (Å²) in [5, 5.41) is 10.4. The normalized spacial score (nSPS) is 30.2. The van der Waals surface area contributed by atoms with E-state index in [1.54, 1.807) is 4.90 Å². The van der Waals surface area contributed by atoms with Crippen LogP contribution in [0.3, 0.4) is 0 Å². The predicted molar refractivity (Wildman–Crippen MR) is 108 cm³/mol. The number of pyridine rings is 1. The van der Waals surface area contributed by atoms with Crippen LogP contribution in [0.5, 0.6) is 0 Å². The second kappa shape index (κ2) is 6.49. The van der Waals surface area contributed by atoms with E-state index in [2.05, 4.69) is 4.98 Å². The van der Waals surface area contributed by atoms with Crippen molar-refractivity contribution < 1.29 is 19.1 Å². The Morgan fingerprint density at radius 2 is 1.90 bits per heavy atom. The highest BCUT2D eigenvalue weighted by atomic mass is 35.5. The summed E-state index contributed by atoms with van der Waals surface area (Å²) >= 11 is 5.79. The molecule has 8 heteroatoms. The van der Waals surface area contributed by atoms with Crippen molar-refractivity contribution in [3.05, 3.63) is 58.5 Å². The number of hydrogen-bond donors (Lipinski definition) is 1. The van der Waals surface area contributed by atoms with E-state index in [1.807, 2.05) is 31.2 Å². The van der Waals surface area contributed by atoms with Crippen LogP contribution >= 0.6 is 11.6 Å². The van der Waals surface area contributed by atoms with E-state index in [0.29, 0.717) is 25.8 Å². The van der Waals surface area contributed by atoms with Crippen LogP contribution in [0, 0.1) is 18.2 Å². The molecule has 3 aliphatic carbocycles. The number of nitrogens with zero attached hydrogens (tertiary/aromatic N) is 3. The number of piperazine rings is 1. The number of carbonyl (C=O) groups is 2. The third-order valence-corrected chi connectivity index (χ3v) is 6.77. The van der Waals surface area contributed by atoms with Gasteiger partial charge in [0.1, 0.15) is 12.6 Å². The highest BCUT2D eigenvalue weighted by Crippen LogP contribution is 2.70. The molecular weight excluding hydrogens is 409 g/mol. The first-order chi connectivity index (χ1) is 14.2. The third kappa shape index (κ3) is 2.91. The number of carbonyl (C=O) groups excluding carboxylic acids is 2. The molecule has 6 rings (SSSR count). The van der Waals surface area contributed by atoms with Crippen LogP contribution in [0.4, 0.5) is 10.2 Å². The van der Waals surface area contributed by atoms with Gasteiger partial charge in [-0.3, -0.25) is 14.5 Å². The van der Waals surface area contributed by atoms with Crippen molar-refractivity contribution in [3.63, 3.8) is 0 Å². The standard InChI is InChI=1S/C22H21ClFN3O3/c1-13-2-4-14(5-3-13)8-26-17(28)9-27(19-16(24)6-15(23)7-25-19)20(29)18(26)21-10-22(30,11-21)12-21/h2-7,18,30H,8-12H2,1H3/t18-,21?,22?/m0/s1. The van der Waals surface area contributed by atoms with Crippen LogP contribution in [0.2, 0.25) is 5.02 Å². The topological polar surface area (TPSA) is 73.7 Å². The Morgan fingerprint density at radius 3 is 2.50 bits per heavy atom. The van der Waals surface area contributed by atoms with Gasteiger partial charge in [0.15, 0.2) is 11.6 Å². The SMILES string of the molecule is Cc1ccc(CN2C(=O)CN(c3ncc(Cl)cc3F)C(=O)[C@H]2C23CC(O)(C2)C3)cc1. The number of halogens is 2. The van der Waals surface area contributed by atoms with Crippen molar-refractivity contribution in [1.82, 2.24) is 9.88 Å². The number of aryl methyl sites for hydroxylation is 1. The Hall–Kier alpha value is -2.51. The summed E-state index contributed by atoms with van der Waals surface area (Å²) in [4.78, 5) is 33.4.